The van der Waals surface area contributed by atoms with Crippen LogP contribution in [0.25, 0.3) is 0 Å². The number of likely N-dealkylation sites (N-methyl/N-ethyl adjacent to an activating group) is 1. The van der Waals surface area contributed by atoms with Crippen molar-refractivity contribution in [3.8, 4) is 0 Å². The van der Waals surface area contributed by atoms with E-state index in [-0.39, 0.29) is 17.1 Å². The molecule has 0 aromatic rings. The fourth-order valence-electron chi connectivity index (χ4n) is 1.34. The molecule has 0 fully saturated rings. The smallest absolute Gasteiger partial charge is 0.331 e. The summed E-state index contributed by atoms with van der Waals surface area (Å²) in [5.74, 6) is -1.37. The summed E-state index contributed by atoms with van der Waals surface area (Å²) >= 11 is 0. The SMILES string of the molecule is CCC(C)N(C)CCNC(=O)C(C)=C(C)C(=O)O. The normalized spacial score (nSPS) is 14.1. The van der Waals surface area contributed by atoms with Crippen LogP contribution in [0.1, 0.15) is 34.1 Å². The van der Waals surface area contributed by atoms with E-state index in [0.29, 0.717) is 12.6 Å². The molecule has 1 unspecified atom stereocenters. The maximum Gasteiger partial charge on any atom is 0.331 e. The monoisotopic (exact) mass is 256 g/mol. The van der Waals surface area contributed by atoms with Gasteiger partial charge in [-0.05, 0) is 34.2 Å². The van der Waals surface area contributed by atoms with E-state index in [1.165, 1.54) is 13.8 Å². The lowest BCUT2D eigenvalue weighted by Gasteiger charge is -2.23. The van der Waals surface area contributed by atoms with Crippen molar-refractivity contribution in [2.24, 2.45) is 0 Å². The van der Waals surface area contributed by atoms with Crippen LogP contribution in [-0.4, -0.2) is 48.1 Å². The number of nitrogens with one attached hydrogen (secondary N) is 1. The number of carboxylic acid groups (broad SMARTS) is 1. The quantitative estimate of drug-likeness (QED) is 0.673. The van der Waals surface area contributed by atoms with E-state index < -0.39 is 5.97 Å². The third kappa shape index (κ3) is 5.31. The maximum absolute atomic E-state index is 11.7. The van der Waals surface area contributed by atoms with Gasteiger partial charge in [0.2, 0.25) is 5.91 Å². The number of carbonyl (C=O) groups excluding carboxylic acids is 1. The molecule has 104 valence electrons. The number of rotatable bonds is 7. The van der Waals surface area contributed by atoms with Crippen LogP contribution < -0.4 is 5.32 Å². The van der Waals surface area contributed by atoms with Crippen LogP contribution in [0.4, 0.5) is 0 Å². The molecule has 0 spiro atoms. The Bertz CT molecular complexity index is 337. The molecular formula is C13H24N2O3. The molecule has 0 rings (SSSR count). The second-order valence-electron chi connectivity index (χ2n) is 4.55. The highest BCUT2D eigenvalue weighted by Gasteiger charge is 2.12. The Kier molecular flexibility index (Phi) is 7.27. The minimum absolute atomic E-state index is 0.0859. The molecule has 1 amide bonds. The summed E-state index contributed by atoms with van der Waals surface area (Å²) in [6.45, 7) is 8.47. The summed E-state index contributed by atoms with van der Waals surface area (Å²) in [5, 5.41) is 11.5. The van der Waals surface area contributed by atoms with Crippen molar-refractivity contribution in [3.63, 3.8) is 0 Å². The molecule has 0 saturated carbocycles. The van der Waals surface area contributed by atoms with Crippen LogP contribution in [-0.2, 0) is 9.59 Å². The van der Waals surface area contributed by atoms with Crippen LogP contribution in [0.15, 0.2) is 11.1 Å². The van der Waals surface area contributed by atoms with Crippen molar-refractivity contribution in [1.29, 1.82) is 0 Å². The number of hydrogen-bond acceptors (Lipinski definition) is 3. The Morgan fingerprint density at radius 1 is 1.28 bits per heavy atom. The van der Waals surface area contributed by atoms with E-state index >= 15 is 0 Å². The van der Waals surface area contributed by atoms with E-state index in [1.54, 1.807) is 0 Å². The summed E-state index contributed by atoms with van der Waals surface area (Å²) in [5.41, 5.74) is 0.344. The predicted molar refractivity (Wildman–Crippen MR) is 71.4 cm³/mol. The van der Waals surface area contributed by atoms with Crippen molar-refractivity contribution in [2.45, 2.75) is 40.2 Å². The Labute approximate surface area is 109 Å². The van der Waals surface area contributed by atoms with E-state index in [0.717, 1.165) is 13.0 Å². The second-order valence-corrected chi connectivity index (χ2v) is 4.55. The molecule has 0 bridgehead atoms. The number of carbonyl (C=O) groups is 2. The van der Waals surface area contributed by atoms with Gasteiger partial charge in [0.1, 0.15) is 0 Å². The Hall–Kier alpha value is -1.36. The van der Waals surface area contributed by atoms with Gasteiger partial charge in [-0.1, -0.05) is 6.92 Å². The van der Waals surface area contributed by atoms with Gasteiger partial charge in [0.05, 0.1) is 0 Å². The Morgan fingerprint density at radius 2 is 1.83 bits per heavy atom. The third-order valence-electron chi connectivity index (χ3n) is 3.32. The third-order valence-corrected chi connectivity index (χ3v) is 3.32. The van der Waals surface area contributed by atoms with E-state index in [1.807, 2.05) is 7.05 Å². The van der Waals surface area contributed by atoms with Gasteiger partial charge in [0.15, 0.2) is 0 Å². The van der Waals surface area contributed by atoms with Gasteiger partial charge in [0.25, 0.3) is 0 Å². The standard InChI is InChI=1S/C13H24N2O3/c1-6-9(2)15(5)8-7-14-12(16)10(3)11(4)13(17)18/h9H,6-8H2,1-5H3,(H,14,16)(H,17,18). The van der Waals surface area contributed by atoms with Crippen molar-refractivity contribution >= 4 is 11.9 Å². The van der Waals surface area contributed by atoms with Gasteiger partial charge in [-0.3, -0.25) is 4.79 Å². The molecule has 0 aliphatic carbocycles. The van der Waals surface area contributed by atoms with Gasteiger partial charge >= 0.3 is 5.97 Å². The Morgan fingerprint density at radius 3 is 2.28 bits per heavy atom. The Balaban J connectivity index is 4.21. The number of carboxylic acids is 1. The van der Waals surface area contributed by atoms with Crippen LogP contribution in [0, 0.1) is 0 Å². The molecule has 1 atom stereocenters. The van der Waals surface area contributed by atoms with Crippen LogP contribution in [0.3, 0.4) is 0 Å². The molecule has 0 radical (unpaired) electrons. The summed E-state index contributed by atoms with van der Waals surface area (Å²) in [7, 11) is 2.01. The van der Waals surface area contributed by atoms with Crippen molar-refractivity contribution < 1.29 is 14.7 Å². The first-order valence-corrected chi connectivity index (χ1v) is 6.20. The summed E-state index contributed by atoms with van der Waals surface area (Å²) in [4.78, 5) is 24.5. The highest BCUT2D eigenvalue weighted by Crippen LogP contribution is 2.03. The van der Waals surface area contributed by atoms with Gasteiger partial charge in [-0.15, -0.1) is 0 Å². The van der Waals surface area contributed by atoms with Crippen LogP contribution in [0.2, 0.25) is 0 Å². The molecule has 5 heteroatoms. The molecular weight excluding hydrogens is 232 g/mol. The first-order valence-electron chi connectivity index (χ1n) is 6.20. The molecule has 0 aromatic carbocycles. The van der Waals surface area contributed by atoms with Gasteiger partial charge in [0, 0.05) is 30.3 Å². The predicted octanol–water partition coefficient (Wildman–Crippen LogP) is 1.25. The molecule has 0 aromatic heterocycles. The summed E-state index contributed by atoms with van der Waals surface area (Å²) < 4.78 is 0. The van der Waals surface area contributed by atoms with Crippen molar-refractivity contribution in [1.82, 2.24) is 10.2 Å². The molecule has 2 N–H and O–H groups in total. The number of aliphatic carboxylic acids is 1. The van der Waals surface area contributed by atoms with E-state index in [9.17, 15) is 9.59 Å². The van der Waals surface area contributed by atoms with Gasteiger partial charge in [-0.25, -0.2) is 4.79 Å². The molecule has 0 heterocycles. The fourth-order valence-corrected chi connectivity index (χ4v) is 1.34. The lowest BCUT2D eigenvalue weighted by Crippen LogP contribution is -2.37. The molecule has 18 heavy (non-hydrogen) atoms. The highest BCUT2D eigenvalue weighted by atomic mass is 16.4. The average Bonchev–Trinajstić information content (AvgIpc) is 2.35. The van der Waals surface area contributed by atoms with E-state index in [2.05, 4.69) is 24.1 Å². The minimum atomic E-state index is -1.06. The molecule has 0 aliphatic heterocycles. The highest BCUT2D eigenvalue weighted by molar-refractivity contribution is 6.01. The van der Waals surface area contributed by atoms with E-state index in [4.69, 9.17) is 5.11 Å². The van der Waals surface area contributed by atoms with Crippen LogP contribution in [0.5, 0.6) is 0 Å². The number of nitrogens with zero attached hydrogens (tertiary/aromatic N) is 1. The fraction of sp³-hybridized carbons (Fsp3) is 0.692. The largest absolute Gasteiger partial charge is 0.478 e. The minimum Gasteiger partial charge on any atom is -0.478 e. The maximum atomic E-state index is 11.7. The first-order chi connectivity index (χ1) is 8.31. The molecule has 0 aliphatic rings. The average molecular weight is 256 g/mol. The molecule has 0 saturated heterocycles. The lowest BCUT2D eigenvalue weighted by atomic mass is 10.1. The van der Waals surface area contributed by atoms with Gasteiger partial charge < -0.3 is 15.3 Å². The van der Waals surface area contributed by atoms with Crippen molar-refractivity contribution in [3.05, 3.63) is 11.1 Å². The zero-order valence-corrected chi connectivity index (χ0v) is 11.9. The van der Waals surface area contributed by atoms with Crippen molar-refractivity contribution in [2.75, 3.05) is 20.1 Å². The summed E-state index contributed by atoms with van der Waals surface area (Å²) in [6, 6.07) is 0.472. The number of hydrogen-bond donors (Lipinski definition) is 2. The van der Waals surface area contributed by atoms with Crippen LogP contribution >= 0.6 is 0 Å². The second kappa shape index (κ2) is 7.87. The molecule has 5 nitrogen and oxygen atoms in total. The first kappa shape index (κ1) is 16.6. The number of amides is 1. The topological polar surface area (TPSA) is 69.6 Å². The van der Waals surface area contributed by atoms with Gasteiger partial charge in [-0.2, -0.15) is 0 Å². The summed E-state index contributed by atoms with van der Waals surface area (Å²) in [6.07, 6.45) is 1.06. The lowest BCUT2D eigenvalue weighted by molar-refractivity contribution is -0.133. The zero-order chi connectivity index (χ0) is 14.3. The zero-order valence-electron chi connectivity index (χ0n) is 11.9.